The summed E-state index contributed by atoms with van der Waals surface area (Å²) < 4.78 is 0. The first-order chi connectivity index (χ1) is 10.7. The van der Waals surface area contributed by atoms with Crippen LogP contribution in [0, 0.1) is 5.92 Å². The van der Waals surface area contributed by atoms with Crippen molar-refractivity contribution in [3.05, 3.63) is 35.4 Å². The second-order valence-corrected chi connectivity index (χ2v) is 6.98. The fourth-order valence-electron chi connectivity index (χ4n) is 4.07. The highest BCUT2D eigenvalue weighted by Crippen LogP contribution is 2.33. The molecule has 2 N–H and O–H groups in total. The van der Waals surface area contributed by atoms with Crippen molar-refractivity contribution < 1.29 is 9.90 Å². The second-order valence-electron chi connectivity index (χ2n) is 6.98. The average molecular weight is 301 g/mol. The zero-order valence-electron chi connectivity index (χ0n) is 13.3. The second kappa shape index (κ2) is 7.28. The van der Waals surface area contributed by atoms with Gasteiger partial charge in [0.05, 0.1) is 6.10 Å². The Labute approximate surface area is 133 Å². The number of aliphatic hydroxyl groups is 1. The van der Waals surface area contributed by atoms with Crippen molar-refractivity contribution in [3.8, 4) is 0 Å². The molecule has 2 aliphatic rings. The van der Waals surface area contributed by atoms with Gasteiger partial charge in [-0.05, 0) is 61.5 Å². The van der Waals surface area contributed by atoms with E-state index in [0.717, 1.165) is 45.1 Å². The van der Waals surface area contributed by atoms with Crippen molar-refractivity contribution in [3.63, 3.8) is 0 Å². The first-order valence-corrected chi connectivity index (χ1v) is 8.75. The van der Waals surface area contributed by atoms with Crippen LogP contribution in [0.2, 0.25) is 0 Å². The van der Waals surface area contributed by atoms with Crippen LogP contribution in [0.3, 0.4) is 0 Å². The van der Waals surface area contributed by atoms with Crippen molar-refractivity contribution in [1.29, 1.82) is 0 Å². The summed E-state index contributed by atoms with van der Waals surface area (Å²) in [5.41, 5.74) is 2.79. The molecule has 1 saturated carbocycles. The van der Waals surface area contributed by atoms with E-state index < -0.39 is 0 Å². The van der Waals surface area contributed by atoms with E-state index in [0.29, 0.717) is 18.3 Å². The molecular weight excluding hydrogens is 274 g/mol. The number of amides is 1. The van der Waals surface area contributed by atoms with Gasteiger partial charge >= 0.3 is 0 Å². The molecular formula is C19H27NO2. The van der Waals surface area contributed by atoms with Crippen LogP contribution in [-0.2, 0) is 11.2 Å². The normalized spacial score (nSPS) is 28.0. The maximum absolute atomic E-state index is 12.3. The molecule has 2 aliphatic carbocycles. The first kappa shape index (κ1) is 15.5. The van der Waals surface area contributed by atoms with Crippen molar-refractivity contribution in [2.75, 3.05) is 6.54 Å². The number of rotatable bonds is 4. The molecule has 3 atom stereocenters. The molecule has 0 spiro atoms. The number of hydrogen-bond donors (Lipinski definition) is 2. The van der Waals surface area contributed by atoms with Crippen molar-refractivity contribution >= 4 is 5.91 Å². The lowest BCUT2D eigenvalue weighted by atomic mass is 9.81. The van der Waals surface area contributed by atoms with Gasteiger partial charge in [-0.1, -0.05) is 30.7 Å². The summed E-state index contributed by atoms with van der Waals surface area (Å²) >= 11 is 0. The van der Waals surface area contributed by atoms with Gasteiger partial charge < -0.3 is 10.4 Å². The highest BCUT2D eigenvalue weighted by atomic mass is 16.3. The molecule has 3 unspecified atom stereocenters. The zero-order chi connectivity index (χ0) is 15.4. The molecule has 3 nitrogen and oxygen atoms in total. The molecule has 0 heterocycles. The fourth-order valence-corrected chi connectivity index (χ4v) is 4.07. The van der Waals surface area contributed by atoms with Crippen LogP contribution in [0.4, 0.5) is 0 Å². The molecule has 1 aromatic rings. The highest BCUT2D eigenvalue weighted by Gasteiger charge is 2.24. The lowest BCUT2D eigenvalue weighted by Crippen LogP contribution is -2.33. The van der Waals surface area contributed by atoms with Crippen LogP contribution in [0.15, 0.2) is 24.3 Å². The van der Waals surface area contributed by atoms with Crippen LogP contribution in [0.1, 0.15) is 62.0 Å². The average Bonchev–Trinajstić information content (AvgIpc) is 2.53. The van der Waals surface area contributed by atoms with E-state index in [4.69, 9.17) is 0 Å². The molecule has 3 heteroatoms. The largest absolute Gasteiger partial charge is 0.393 e. The number of carbonyl (C=O) groups is 1. The Morgan fingerprint density at radius 3 is 2.91 bits per heavy atom. The SMILES string of the molecule is O=C(CC1CCCc2ccccc21)NCC1CCCC(O)C1. The summed E-state index contributed by atoms with van der Waals surface area (Å²) in [5, 5.41) is 12.8. The topological polar surface area (TPSA) is 49.3 Å². The number of aliphatic hydroxyl groups excluding tert-OH is 1. The zero-order valence-corrected chi connectivity index (χ0v) is 13.3. The third-order valence-corrected chi connectivity index (χ3v) is 5.27. The smallest absolute Gasteiger partial charge is 0.220 e. The van der Waals surface area contributed by atoms with Gasteiger partial charge in [0.25, 0.3) is 0 Å². The Kier molecular flexibility index (Phi) is 5.14. The summed E-state index contributed by atoms with van der Waals surface area (Å²) in [6, 6.07) is 8.56. The molecule has 0 radical (unpaired) electrons. The lowest BCUT2D eigenvalue weighted by Gasteiger charge is -2.27. The van der Waals surface area contributed by atoms with Gasteiger partial charge in [0.2, 0.25) is 5.91 Å². The third kappa shape index (κ3) is 3.89. The van der Waals surface area contributed by atoms with Crippen molar-refractivity contribution in [2.45, 2.75) is 63.4 Å². The highest BCUT2D eigenvalue weighted by molar-refractivity contribution is 5.77. The van der Waals surface area contributed by atoms with Gasteiger partial charge in [0.1, 0.15) is 0 Å². The van der Waals surface area contributed by atoms with Gasteiger partial charge in [0, 0.05) is 13.0 Å². The minimum atomic E-state index is -0.166. The molecule has 0 aromatic heterocycles. The number of hydrogen-bond acceptors (Lipinski definition) is 2. The van der Waals surface area contributed by atoms with Crippen LogP contribution < -0.4 is 5.32 Å². The van der Waals surface area contributed by atoms with E-state index in [1.807, 2.05) is 0 Å². The number of benzene rings is 1. The van der Waals surface area contributed by atoms with Crippen molar-refractivity contribution in [1.82, 2.24) is 5.32 Å². The quantitative estimate of drug-likeness (QED) is 0.897. The lowest BCUT2D eigenvalue weighted by molar-refractivity contribution is -0.121. The number of aryl methyl sites for hydroxylation is 1. The van der Waals surface area contributed by atoms with E-state index in [-0.39, 0.29) is 12.0 Å². The molecule has 22 heavy (non-hydrogen) atoms. The summed E-state index contributed by atoms with van der Waals surface area (Å²) in [7, 11) is 0. The monoisotopic (exact) mass is 301 g/mol. The van der Waals surface area contributed by atoms with Crippen LogP contribution in [0.5, 0.6) is 0 Å². The molecule has 0 saturated heterocycles. The number of nitrogens with one attached hydrogen (secondary N) is 1. The van der Waals surface area contributed by atoms with E-state index >= 15 is 0 Å². The first-order valence-electron chi connectivity index (χ1n) is 8.75. The maximum Gasteiger partial charge on any atom is 0.220 e. The summed E-state index contributed by atoms with van der Waals surface area (Å²) in [4.78, 5) is 12.3. The Morgan fingerprint density at radius 2 is 2.05 bits per heavy atom. The Hall–Kier alpha value is -1.35. The molecule has 120 valence electrons. The molecule has 1 amide bonds. The fraction of sp³-hybridized carbons (Fsp3) is 0.632. The Bertz CT molecular complexity index is 514. The van der Waals surface area contributed by atoms with E-state index in [1.54, 1.807) is 0 Å². The van der Waals surface area contributed by atoms with Gasteiger partial charge in [-0.25, -0.2) is 0 Å². The summed E-state index contributed by atoms with van der Waals surface area (Å²) in [6.45, 7) is 0.726. The summed E-state index contributed by atoms with van der Waals surface area (Å²) in [5.74, 6) is 0.995. The summed E-state index contributed by atoms with van der Waals surface area (Å²) in [6.07, 6.45) is 7.86. The Morgan fingerprint density at radius 1 is 1.18 bits per heavy atom. The van der Waals surface area contributed by atoms with Gasteiger partial charge in [-0.2, -0.15) is 0 Å². The third-order valence-electron chi connectivity index (χ3n) is 5.27. The number of fused-ring (bicyclic) bond motifs is 1. The van der Waals surface area contributed by atoms with Crippen LogP contribution in [0.25, 0.3) is 0 Å². The maximum atomic E-state index is 12.3. The van der Waals surface area contributed by atoms with Gasteiger partial charge in [-0.3, -0.25) is 4.79 Å². The van der Waals surface area contributed by atoms with E-state index in [1.165, 1.54) is 17.5 Å². The molecule has 3 rings (SSSR count). The van der Waals surface area contributed by atoms with E-state index in [9.17, 15) is 9.90 Å². The van der Waals surface area contributed by atoms with Crippen LogP contribution in [-0.4, -0.2) is 23.7 Å². The standard InChI is InChI=1S/C19H27NO2/c21-17-9-3-5-14(11-17)13-20-19(22)12-16-8-4-7-15-6-1-2-10-18(15)16/h1-2,6,10,14,16-17,21H,3-5,7-9,11-13H2,(H,20,22). The predicted octanol–water partition coefficient (Wildman–Crippen LogP) is 3.16. The minimum absolute atomic E-state index is 0.166. The van der Waals surface area contributed by atoms with Crippen molar-refractivity contribution in [2.24, 2.45) is 5.92 Å². The Balaban J connectivity index is 1.50. The van der Waals surface area contributed by atoms with Gasteiger partial charge in [0.15, 0.2) is 0 Å². The van der Waals surface area contributed by atoms with Gasteiger partial charge in [-0.15, -0.1) is 0 Å². The van der Waals surface area contributed by atoms with E-state index in [2.05, 4.69) is 29.6 Å². The number of carbonyl (C=O) groups excluding carboxylic acids is 1. The molecule has 0 aliphatic heterocycles. The molecule has 0 bridgehead atoms. The predicted molar refractivity (Wildman–Crippen MR) is 87.7 cm³/mol. The van der Waals surface area contributed by atoms with Crippen LogP contribution >= 0.6 is 0 Å². The molecule has 1 aromatic carbocycles. The molecule has 1 fully saturated rings. The minimum Gasteiger partial charge on any atom is -0.393 e.